The number of ether oxygens (including phenoxy) is 2. The number of thioether (sulfide) groups is 1. The van der Waals surface area contributed by atoms with Gasteiger partial charge in [-0.05, 0) is 34.9 Å². The lowest BCUT2D eigenvalue weighted by Crippen LogP contribution is -2.23. The first-order valence-corrected chi connectivity index (χ1v) is 9.12. The number of nitrogens with zero attached hydrogens (tertiary/aromatic N) is 2. The van der Waals surface area contributed by atoms with Crippen molar-refractivity contribution in [3.8, 4) is 11.5 Å². The summed E-state index contributed by atoms with van der Waals surface area (Å²) in [6.07, 6.45) is 0. The Bertz CT molecular complexity index is 933. The van der Waals surface area contributed by atoms with E-state index in [0.29, 0.717) is 11.2 Å². The molecule has 0 saturated heterocycles. The molecule has 0 N–H and O–H groups in total. The van der Waals surface area contributed by atoms with Crippen LogP contribution in [0.2, 0.25) is 0 Å². The van der Waals surface area contributed by atoms with Gasteiger partial charge in [-0.1, -0.05) is 24.8 Å². The predicted octanol–water partition coefficient (Wildman–Crippen LogP) is 3.35. The molecule has 0 radical (unpaired) electrons. The molecule has 23 heavy (non-hydrogen) atoms. The zero-order chi connectivity index (χ0) is 15.8. The number of thiophene rings is 1. The molecule has 0 amide bonds. The van der Waals surface area contributed by atoms with E-state index in [0.717, 1.165) is 33.5 Å². The summed E-state index contributed by atoms with van der Waals surface area (Å²) in [5, 5.41) is 2.66. The highest BCUT2D eigenvalue weighted by Crippen LogP contribution is 2.33. The van der Waals surface area contributed by atoms with E-state index in [2.05, 4.69) is 11.9 Å². The predicted molar refractivity (Wildman–Crippen MR) is 91.9 cm³/mol. The van der Waals surface area contributed by atoms with E-state index < -0.39 is 0 Å². The van der Waals surface area contributed by atoms with Crippen molar-refractivity contribution in [3.05, 3.63) is 45.6 Å². The molecule has 118 valence electrons. The number of rotatable bonds is 4. The monoisotopic (exact) mass is 346 g/mol. The van der Waals surface area contributed by atoms with Crippen LogP contribution in [0.25, 0.3) is 10.2 Å². The van der Waals surface area contributed by atoms with Gasteiger partial charge in [-0.25, -0.2) is 4.98 Å². The maximum absolute atomic E-state index is 12.8. The fourth-order valence-electron chi connectivity index (χ4n) is 2.52. The first kappa shape index (κ1) is 14.6. The topological polar surface area (TPSA) is 53.4 Å². The van der Waals surface area contributed by atoms with Gasteiger partial charge in [0.05, 0.1) is 12.1 Å². The lowest BCUT2D eigenvalue weighted by atomic mass is 10.2. The number of aromatic nitrogens is 2. The second kappa shape index (κ2) is 5.90. The first-order chi connectivity index (χ1) is 11.3. The van der Waals surface area contributed by atoms with E-state index in [1.54, 1.807) is 16.3 Å². The summed E-state index contributed by atoms with van der Waals surface area (Å²) in [4.78, 5) is 17.4. The zero-order valence-corrected chi connectivity index (χ0v) is 14.1. The smallest absolute Gasteiger partial charge is 0.272 e. The summed E-state index contributed by atoms with van der Waals surface area (Å²) >= 11 is 3.02. The molecule has 0 fully saturated rings. The van der Waals surface area contributed by atoms with Crippen LogP contribution in [0.5, 0.6) is 11.5 Å². The molecule has 1 aliphatic rings. The average molecular weight is 346 g/mol. The molecule has 2 aromatic heterocycles. The standard InChI is InChI=1S/C16H14N2O3S2/c1-2-22-16-17-11-5-6-23-14(11)15(19)18(16)8-10-3-4-12-13(7-10)21-9-20-12/h3-7H,2,8-9H2,1H3. The summed E-state index contributed by atoms with van der Waals surface area (Å²) < 4.78 is 13.2. The highest BCUT2D eigenvalue weighted by atomic mass is 32.2. The number of hydrogen-bond acceptors (Lipinski definition) is 6. The molecule has 0 aliphatic carbocycles. The second-order valence-corrected chi connectivity index (χ2v) is 7.19. The van der Waals surface area contributed by atoms with E-state index in [9.17, 15) is 4.79 Å². The van der Waals surface area contributed by atoms with Gasteiger partial charge in [0.2, 0.25) is 6.79 Å². The molecule has 7 heteroatoms. The zero-order valence-electron chi connectivity index (χ0n) is 12.4. The molecule has 0 unspecified atom stereocenters. The first-order valence-electron chi connectivity index (χ1n) is 7.25. The Hall–Kier alpha value is -1.99. The van der Waals surface area contributed by atoms with Crippen LogP contribution in [0.4, 0.5) is 0 Å². The second-order valence-electron chi connectivity index (χ2n) is 5.04. The lowest BCUT2D eigenvalue weighted by molar-refractivity contribution is 0.174. The van der Waals surface area contributed by atoms with Gasteiger partial charge in [0.25, 0.3) is 5.56 Å². The van der Waals surface area contributed by atoms with Gasteiger partial charge >= 0.3 is 0 Å². The summed E-state index contributed by atoms with van der Waals surface area (Å²) in [5.74, 6) is 2.34. The van der Waals surface area contributed by atoms with Crippen LogP contribution in [0, 0.1) is 0 Å². The van der Waals surface area contributed by atoms with Gasteiger partial charge in [0, 0.05) is 0 Å². The van der Waals surface area contributed by atoms with Crippen molar-refractivity contribution in [1.82, 2.24) is 9.55 Å². The molecule has 1 aliphatic heterocycles. The van der Waals surface area contributed by atoms with Gasteiger partial charge in [0.1, 0.15) is 4.70 Å². The highest BCUT2D eigenvalue weighted by molar-refractivity contribution is 7.99. The largest absolute Gasteiger partial charge is 0.454 e. The van der Waals surface area contributed by atoms with Crippen molar-refractivity contribution in [1.29, 1.82) is 0 Å². The van der Waals surface area contributed by atoms with E-state index >= 15 is 0 Å². The van der Waals surface area contributed by atoms with Crippen LogP contribution in [-0.4, -0.2) is 22.1 Å². The van der Waals surface area contributed by atoms with Gasteiger partial charge < -0.3 is 9.47 Å². The molecule has 1 aromatic carbocycles. The fourth-order valence-corrected chi connectivity index (χ4v) is 4.03. The number of benzene rings is 1. The van der Waals surface area contributed by atoms with Gasteiger partial charge in [0.15, 0.2) is 16.7 Å². The van der Waals surface area contributed by atoms with E-state index in [1.165, 1.54) is 11.3 Å². The summed E-state index contributed by atoms with van der Waals surface area (Å²) in [6, 6.07) is 7.66. The molecule has 3 aromatic rings. The van der Waals surface area contributed by atoms with Crippen LogP contribution >= 0.6 is 23.1 Å². The number of fused-ring (bicyclic) bond motifs is 2. The minimum atomic E-state index is 0.0126. The van der Waals surface area contributed by atoms with E-state index in [4.69, 9.17) is 9.47 Å². The van der Waals surface area contributed by atoms with Gasteiger partial charge in [-0.2, -0.15) is 0 Å². The van der Waals surface area contributed by atoms with E-state index in [-0.39, 0.29) is 12.4 Å². The third kappa shape index (κ3) is 2.60. The Balaban J connectivity index is 1.79. The Kier molecular flexibility index (Phi) is 3.74. The minimum absolute atomic E-state index is 0.0126. The molecule has 4 rings (SSSR count). The molecule has 0 saturated carbocycles. The van der Waals surface area contributed by atoms with Crippen LogP contribution in [0.15, 0.2) is 39.6 Å². The molecule has 0 atom stereocenters. The van der Waals surface area contributed by atoms with Crippen molar-refractivity contribution < 1.29 is 9.47 Å². The maximum Gasteiger partial charge on any atom is 0.272 e. The van der Waals surface area contributed by atoms with Crippen molar-refractivity contribution >= 4 is 33.3 Å². The summed E-state index contributed by atoms with van der Waals surface area (Å²) in [7, 11) is 0. The fraction of sp³-hybridized carbons (Fsp3) is 0.250. The van der Waals surface area contributed by atoms with Crippen LogP contribution < -0.4 is 15.0 Å². The summed E-state index contributed by atoms with van der Waals surface area (Å²) in [6.45, 7) is 2.77. The Morgan fingerprint density at radius 3 is 3.04 bits per heavy atom. The summed E-state index contributed by atoms with van der Waals surface area (Å²) in [5.41, 5.74) is 1.78. The van der Waals surface area contributed by atoms with Crippen molar-refractivity contribution in [2.45, 2.75) is 18.6 Å². The third-order valence-electron chi connectivity index (χ3n) is 3.58. The van der Waals surface area contributed by atoms with Crippen molar-refractivity contribution in [2.24, 2.45) is 0 Å². The molecule has 3 heterocycles. The van der Waals surface area contributed by atoms with Gasteiger partial charge in [-0.3, -0.25) is 9.36 Å². The third-order valence-corrected chi connectivity index (χ3v) is 5.33. The van der Waals surface area contributed by atoms with Crippen LogP contribution in [-0.2, 0) is 6.54 Å². The van der Waals surface area contributed by atoms with E-state index in [1.807, 2.05) is 29.6 Å². The highest BCUT2D eigenvalue weighted by Gasteiger charge is 2.16. The quantitative estimate of drug-likeness (QED) is 0.536. The van der Waals surface area contributed by atoms with Crippen LogP contribution in [0.1, 0.15) is 12.5 Å². The maximum atomic E-state index is 12.8. The average Bonchev–Trinajstić information content (AvgIpc) is 3.19. The Morgan fingerprint density at radius 2 is 2.17 bits per heavy atom. The minimum Gasteiger partial charge on any atom is -0.454 e. The molecule has 0 bridgehead atoms. The SMILES string of the molecule is CCSc1nc2ccsc2c(=O)n1Cc1ccc2c(c1)OCO2. The van der Waals surface area contributed by atoms with Crippen molar-refractivity contribution in [3.63, 3.8) is 0 Å². The van der Waals surface area contributed by atoms with Gasteiger partial charge in [-0.15, -0.1) is 11.3 Å². The van der Waals surface area contributed by atoms with Crippen LogP contribution in [0.3, 0.4) is 0 Å². The molecule has 0 spiro atoms. The molecule has 5 nitrogen and oxygen atoms in total. The normalized spacial score (nSPS) is 12.9. The number of hydrogen-bond donors (Lipinski definition) is 0. The Morgan fingerprint density at radius 1 is 1.30 bits per heavy atom. The molecular weight excluding hydrogens is 332 g/mol. The van der Waals surface area contributed by atoms with Crippen molar-refractivity contribution in [2.75, 3.05) is 12.5 Å². The molecular formula is C16H14N2O3S2. The Labute approximate surface area is 140 Å². The lowest BCUT2D eigenvalue weighted by Gasteiger charge is -2.11.